The van der Waals surface area contributed by atoms with Crippen LogP contribution in [0.25, 0.3) is 0 Å². The Hall–Kier alpha value is -2.73. The molecule has 1 atom stereocenters. The van der Waals surface area contributed by atoms with Gasteiger partial charge in [0, 0.05) is 49.7 Å². The maximum Gasteiger partial charge on any atom is 0.258 e. The molecule has 1 unspecified atom stereocenters. The van der Waals surface area contributed by atoms with E-state index < -0.39 is 0 Å². The molecule has 2 amide bonds. The summed E-state index contributed by atoms with van der Waals surface area (Å²) >= 11 is 0. The second-order valence-corrected chi connectivity index (χ2v) is 6.06. The Morgan fingerprint density at radius 2 is 1.80 bits per heavy atom. The summed E-state index contributed by atoms with van der Waals surface area (Å²) in [5, 5.41) is 2.87. The Balaban J connectivity index is 1.91. The summed E-state index contributed by atoms with van der Waals surface area (Å²) in [7, 11) is 1.73. The van der Waals surface area contributed by atoms with E-state index >= 15 is 0 Å². The third kappa shape index (κ3) is 5.69. The van der Waals surface area contributed by atoms with Crippen LogP contribution in [0.1, 0.15) is 35.7 Å². The summed E-state index contributed by atoms with van der Waals surface area (Å²) in [6, 6.07) is 10.9. The molecular weight excluding hydrogens is 316 g/mol. The topological polar surface area (TPSA) is 88.3 Å². The number of benzene rings is 1. The van der Waals surface area contributed by atoms with E-state index in [4.69, 9.17) is 5.73 Å². The van der Waals surface area contributed by atoms with Gasteiger partial charge in [0.05, 0.1) is 0 Å². The van der Waals surface area contributed by atoms with Gasteiger partial charge in [0.1, 0.15) is 0 Å². The van der Waals surface area contributed by atoms with Crippen molar-refractivity contribution in [2.24, 2.45) is 5.73 Å². The van der Waals surface area contributed by atoms with Gasteiger partial charge >= 0.3 is 0 Å². The lowest BCUT2D eigenvalue weighted by molar-refractivity contribution is -0.121. The van der Waals surface area contributed by atoms with Gasteiger partial charge in [-0.3, -0.25) is 14.6 Å². The molecule has 3 N–H and O–H groups in total. The first-order valence-corrected chi connectivity index (χ1v) is 8.26. The molecule has 0 aliphatic rings. The minimum atomic E-state index is -0.0978. The fourth-order valence-corrected chi connectivity index (χ4v) is 2.29. The summed E-state index contributed by atoms with van der Waals surface area (Å²) < 4.78 is 0. The van der Waals surface area contributed by atoms with E-state index in [0.717, 1.165) is 11.3 Å². The number of anilines is 1. The number of hydrogen-bond acceptors (Lipinski definition) is 4. The Morgan fingerprint density at radius 3 is 2.40 bits per heavy atom. The van der Waals surface area contributed by atoms with Gasteiger partial charge in [-0.25, -0.2) is 0 Å². The van der Waals surface area contributed by atoms with Gasteiger partial charge in [-0.15, -0.1) is 0 Å². The zero-order valence-corrected chi connectivity index (χ0v) is 14.6. The third-order valence-corrected chi connectivity index (χ3v) is 3.87. The predicted molar refractivity (Wildman–Crippen MR) is 98.1 cm³/mol. The van der Waals surface area contributed by atoms with Crippen molar-refractivity contribution >= 4 is 17.5 Å². The van der Waals surface area contributed by atoms with E-state index in [9.17, 15) is 9.59 Å². The van der Waals surface area contributed by atoms with Crippen LogP contribution >= 0.6 is 0 Å². The predicted octanol–water partition coefficient (Wildman–Crippen LogP) is 2.10. The van der Waals surface area contributed by atoms with Crippen molar-refractivity contribution in [2.45, 2.75) is 32.4 Å². The minimum absolute atomic E-state index is 0.00800. The van der Waals surface area contributed by atoms with Crippen molar-refractivity contribution in [2.75, 3.05) is 11.9 Å². The molecule has 0 aliphatic carbocycles. The highest BCUT2D eigenvalue weighted by molar-refractivity contribution is 6.05. The first kappa shape index (κ1) is 18.6. The number of rotatable bonds is 7. The molecule has 25 heavy (non-hydrogen) atoms. The Labute approximate surface area is 148 Å². The van der Waals surface area contributed by atoms with Crippen LogP contribution in [0, 0.1) is 0 Å². The molecule has 0 saturated carbocycles. The number of nitrogens with one attached hydrogen (secondary N) is 1. The van der Waals surface area contributed by atoms with Crippen molar-refractivity contribution in [1.29, 1.82) is 0 Å². The van der Waals surface area contributed by atoms with Crippen LogP contribution in [0.2, 0.25) is 0 Å². The molecular formula is C19H24N4O2. The minimum Gasteiger partial charge on any atom is -0.352 e. The number of carbonyl (C=O) groups is 2. The van der Waals surface area contributed by atoms with E-state index in [-0.39, 0.29) is 17.9 Å². The van der Waals surface area contributed by atoms with Gasteiger partial charge < -0.3 is 16.0 Å². The standard InChI is InChI=1S/C19H24N4O2/c1-14(20)3-8-18(24)22-13-15-4-6-17(7-5-15)23(2)19(25)16-9-11-21-12-10-16/h4-7,9-12,14H,3,8,13,20H2,1-2H3,(H,22,24). The van der Waals surface area contributed by atoms with Crippen molar-refractivity contribution in [3.8, 4) is 0 Å². The van der Waals surface area contributed by atoms with Crippen molar-refractivity contribution in [1.82, 2.24) is 10.3 Å². The lowest BCUT2D eigenvalue weighted by atomic mass is 10.1. The van der Waals surface area contributed by atoms with Crippen molar-refractivity contribution in [3.63, 3.8) is 0 Å². The molecule has 0 saturated heterocycles. The number of nitrogens with two attached hydrogens (primary N) is 1. The number of amides is 2. The molecule has 1 aromatic heterocycles. The van der Waals surface area contributed by atoms with Crippen molar-refractivity contribution < 1.29 is 9.59 Å². The zero-order valence-electron chi connectivity index (χ0n) is 14.6. The van der Waals surface area contributed by atoms with E-state index in [1.165, 1.54) is 0 Å². The molecule has 2 rings (SSSR count). The summed E-state index contributed by atoms with van der Waals surface area (Å²) in [5.41, 5.74) is 7.99. The van der Waals surface area contributed by atoms with Crippen LogP contribution in [-0.2, 0) is 11.3 Å². The monoisotopic (exact) mass is 340 g/mol. The van der Waals surface area contributed by atoms with Crippen molar-refractivity contribution in [3.05, 3.63) is 59.9 Å². The molecule has 0 spiro atoms. The highest BCUT2D eigenvalue weighted by Crippen LogP contribution is 2.16. The van der Waals surface area contributed by atoms with Crippen LogP contribution in [-0.4, -0.2) is 29.9 Å². The molecule has 132 valence electrons. The molecule has 6 nitrogen and oxygen atoms in total. The molecule has 1 heterocycles. The fraction of sp³-hybridized carbons (Fsp3) is 0.316. The van der Waals surface area contributed by atoms with Gasteiger partial charge in [-0.2, -0.15) is 0 Å². The molecule has 6 heteroatoms. The Bertz CT molecular complexity index is 699. The van der Waals surface area contributed by atoms with E-state index in [1.807, 2.05) is 31.2 Å². The average molecular weight is 340 g/mol. The second-order valence-electron chi connectivity index (χ2n) is 6.06. The first-order valence-electron chi connectivity index (χ1n) is 8.26. The van der Waals surface area contributed by atoms with Crippen LogP contribution in [0.3, 0.4) is 0 Å². The molecule has 0 radical (unpaired) electrons. The maximum atomic E-state index is 12.4. The zero-order chi connectivity index (χ0) is 18.2. The first-order chi connectivity index (χ1) is 12.0. The van der Waals surface area contributed by atoms with Crippen LogP contribution in [0.15, 0.2) is 48.8 Å². The van der Waals surface area contributed by atoms with Crippen LogP contribution < -0.4 is 16.0 Å². The number of pyridine rings is 1. The van der Waals surface area contributed by atoms with Gasteiger partial charge in [0.15, 0.2) is 0 Å². The number of nitrogens with zero attached hydrogens (tertiary/aromatic N) is 2. The number of carbonyl (C=O) groups excluding carboxylic acids is 2. The molecule has 0 bridgehead atoms. The van der Waals surface area contributed by atoms with Gasteiger partial charge in [0.2, 0.25) is 5.91 Å². The molecule has 2 aromatic rings. The number of hydrogen-bond donors (Lipinski definition) is 2. The van der Waals surface area contributed by atoms with E-state index in [1.54, 1.807) is 36.5 Å². The highest BCUT2D eigenvalue weighted by Gasteiger charge is 2.13. The fourth-order valence-electron chi connectivity index (χ4n) is 2.29. The molecule has 1 aromatic carbocycles. The van der Waals surface area contributed by atoms with Crippen LogP contribution in [0.5, 0.6) is 0 Å². The highest BCUT2D eigenvalue weighted by atomic mass is 16.2. The second kappa shape index (κ2) is 8.94. The van der Waals surface area contributed by atoms with Crippen LogP contribution in [0.4, 0.5) is 5.69 Å². The lowest BCUT2D eigenvalue weighted by Gasteiger charge is -2.17. The molecule has 0 aliphatic heterocycles. The van der Waals surface area contributed by atoms with Gasteiger partial charge in [-0.05, 0) is 43.2 Å². The molecule has 0 fully saturated rings. The average Bonchev–Trinajstić information content (AvgIpc) is 2.64. The summed E-state index contributed by atoms with van der Waals surface area (Å²) in [4.78, 5) is 29.6. The maximum absolute atomic E-state index is 12.4. The summed E-state index contributed by atoms with van der Waals surface area (Å²) in [6.07, 6.45) is 4.29. The quantitative estimate of drug-likeness (QED) is 0.808. The Kier molecular flexibility index (Phi) is 6.65. The number of aromatic nitrogens is 1. The largest absolute Gasteiger partial charge is 0.352 e. The Morgan fingerprint density at radius 1 is 1.16 bits per heavy atom. The smallest absolute Gasteiger partial charge is 0.258 e. The van der Waals surface area contributed by atoms with Gasteiger partial charge in [-0.1, -0.05) is 12.1 Å². The van der Waals surface area contributed by atoms with E-state index in [0.29, 0.717) is 24.9 Å². The van der Waals surface area contributed by atoms with Gasteiger partial charge in [0.25, 0.3) is 5.91 Å². The lowest BCUT2D eigenvalue weighted by Crippen LogP contribution is -2.26. The normalized spacial score (nSPS) is 11.6. The summed E-state index contributed by atoms with van der Waals surface area (Å²) in [5.74, 6) is -0.106. The summed E-state index contributed by atoms with van der Waals surface area (Å²) in [6.45, 7) is 2.34. The third-order valence-electron chi connectivity index (χ3n) is 3.87. The SMILES string of the molecule is CC(N)CCC(=O)NCc1ccc(N(C)C(=O)c2ccncc2)cc1. The van der Waals surface area contributed by atoms with E-state index in [2.05, 4.69) is 10.3 Å².